The Kier molecular flexibility index (Phi) is 3.73. The molecule has 2 amide bonds. The molecular formula is C14H23N3O2. The summed E-state index contributed by atoms with van der Waals surface area (Å²) in [6.45, 7) is 2.99. The number of nitrogens with zero attached hydrogens (tertiary/aromatic N) is 1. The second-order valence-corrected chi connectivity index (χ2v) is 6.09. The van der Waals surface area contributed by atoms with E-state index >= 15 is 0 Å². The van der Waals surface area contributed by atoms with Crippen molar-refractivity contribution in [3.63, 3.8) is 0 Å². The highest BCUT2D eigenvalue weighted by atomic mass is 16.2. The number of piperidine rings is 1. The van der Waals surface area contributed by atoms with Crippen LogP contribution < -0.4 is 10.6 Å². The van der Waals surface area contributed by atoms with Crippen LogP contribution in [0.5, 0.6) is 0 Å². The average Bonchev–Trinajstić information content (AvgIpc) is 3.18. The van der Waals surface area contributed by atoms with Crippen LogP contribution >= 0.6 is 0 Å². The van der Waals surface area contributed by atoms with Gasteiger partial charge in [-0.3, -0.25) is 9.59 Å². The summed E-state index contributed by atoms with van der Waals surface area (Å²) in [4.78, 5) is 25.9. The average molecular weight is 265 g/mol. The fraction of sp³-hybridized carbons (Fsp3) is 0.857. The van der Waals surface area contributed by atoms with Gasteiger partial charge >= 0.3 is 0 Å². The molecule has 0 bridgehead atoms. The van der Waals surface area contributed by atoms with Crippen molar-refractivity contribution < 1.29 is 9.59 Å². The topological polar surface area (TPSA) is 61.4 Å². The lowest BCUT2D eigenvalue weighted by atomic mass is 9.98. The van der Waals surface area contributed by atoms with Crippen molar-refractivity contribution in [2.75, 3.05) is 19.6 Å². The quantitative estimate of drug-likeness (QED) is 0.766. The normalized spacial score (nSPS) is 31.1. The Morgan fingerprint density at radius 2 is 2.11 bits per heavy atom. The van der Waals surface area contributed by atoms with Gasteiger partial charge in [0.15, 0.2) is 0 Å². The zero-order valence-corrected chi connectivity index (χ0v) is 11.4. The third-order valence-electron chi connectivity index (χ3n) is 4.42. The maximum Gasteiger partial charge on any atom is 0.245 e. The predicted molar refractivity (Wildman–Crippen MR) is 71.5 cm³/mol. The van der Waals surface area contributed by atoms with Crippen molar-refractivity contribution >= 4 is 11.8 Å². The van der Waals surface area contributed by atoms with Gasteiger partial charge in [0.05, 0.1) is 0 Å². The summed E-state index contributed by atoms with van der Waals surface area (Å²) >= 11 is 0. The lowest BCUT2D eigenvalue weighted by Crippen LogP contribution is -2.48. The van der Waals surface area contributed by atoms with Crippen LogP contribution in [0, 0.1) is 5.92 Å². The van der Waals surface area contributed by atoms with E-state index in [1.165, 1.54) is 12.8 Å². The third kappa shape index (κ3) is 3.08. The van der Waals surface area contributed by atoms with Gasteiger partial charge in [0.2, 0.25) is 11.8 Å². The van der Waals surface area contributed by atoms with Crippen LogP contribution in [-0.4, -0.2) is 48.4 Å². The van der Waals surface area contributed by atoms with E-state index in [-0.39, 0.29) is 17.9 Å². The van der Waals surface area contributed by atoms with Crippen LogP contribution in [0.4, 0.5) is 0 Å². The van der Waals surface area contributed by atoms with Crippen LogP contribution in [0.2, 0.25) is 0 Å². The summed E-state index contributed by atoms with van der Waals surface area (Å²) in [6.07, 6.45) is 5.85. The highest BCUT2D eigenvalue weighted by molar-refractivity contribution is 5.91. The molecule has 3 aliphatic rings. The second kappa shape index (κ2) is 5.49. The summed E-state index contributed by atoms with van der Waals surface area (Å²) in [5.41, 5.74) is 0. The molecule has 3 fully saturated rings. The molecule has 19 heavy (non-hydrogen) atoms. The Bertz CT molecular complexity index is 362. The van der Waals surface area contributed by atoms with Crippen molar-refractivity contribution in [1.82, 2.24) is 15.5 Å². The first-order valence-corrected chi connectivity index (χ1v) is 7.54. The van der Waals surface area contributed by atoms with Crippen molar-refractivity contribution in [2.24, 2.45) is 5.92 Å². The molecule has 0 aromatic heterocycles. The predicted octanol–water partition coefficient (Wildman–Crippen LogP) is 0.256. The van der Waals surface area contributed by atoms with E-state index in [9.17, 15) is 9.59 Å². The summed E-state index contributed by atoms with van der Waals surface area (Å²) in [6, 6.07) is 0.177. The zero-order valence-electron chi connectivity index (χ0n) is 11.4. The Morgan fingerprint density at radius 1 is 1.26 bits per heavy atom. The molecule has 0 radical (unpaired) electrons. The first-order chi connectivity index (χ1) is 9.24. The third-order valence-corrected chi connectivity index (χ3v) is 4.42. The SMILES string of the molecule is O=C1CC[C@H](C(=O)N(CC2CCCNC2)C2CC2)N1. The number of rotatable bonds is 4. The monoisotopic (exact) mass is 265 g/mol. The minimum Gasteiger partial charge on any atom is -0.344 e. The Labute approximate surface area is 114 Å². The molecule has 2 aliphatic heterocycles. The molecule has 0 aromatic carbocycles. The molecule has 1 unspecified atom stereocenters. The number of carbonyl (C=O) groups is 2. The van der Waals surface area contributed by atoms with E-state index in [2.05, 4.69) is 10.6 Å². The van der Waals surface area contributed by atoms with Gasteiger partial charge in [0, 0.05) is 19.0 Å². The number of amides is 2. The van der Waals surface area contributed by atoms with E-state index < -0.39 is 0 Å². The molecule has 2 N–H and O–H groups in total. The van der Waals surface area contributed by atoms with E-state index in [4.69, 9.17) is 0 Å². The lowest BCUT2D eigenvalue weighted by molar-refractivity contribution is -0.135. The first-order valence-electron chi connectivity index (χ1n) is 7.54. The smallest absolute Gasteiger partial charge is 0.245 e. The van der Waals surface area contributed by atoms with E-state index in [0.29, 0.717) is 24.8 Å². The van der Waals surface area contributed by atoms with Gasteiger partial charge in [-0.2, -0.15) is 0 Å². The number of carbonyl (C=O) groups excluding carboxylic acids is 2. The molecule has 1 saturated carbocycles. The number of nitrogens with one attached hydrogen (secondary N) is 2. The van der Waals surface area contributed by atoms with Gasteiger partial charge in [-0.25, -0.2) is 0 Å². The number of hydrogen-bond donors (Lipinski definition) is 2. The maximum absolute atomic E-state index is 12.5. The molecule has 0 spiro atoms. The molecule has 2 saturated heterocycles. The molecular weight excluding hydrogens is 242 g/mol. The molecule has 2 heterocycles. The first kappa shape index (κ1) is 12.9. The van der Waals surface area contributed by atoms with Crippen LogP contribution in [0.3, 0.4) is 0 Å². The van der Waals surface area contributed by atoms with Gasteiger partial charge in [0.1, 0.15) is 6.04 Å². The molecule has 5 nitrogen and oxygen atoms in total. The van der Waals surface area contributed by atoms with Gasteiger partial charge in [-0.15, -0.1) is 0 Å². The zero-order chi connectivity index (χ0) is 13.2. The summed E-state index contributed by atoms with van der Waals surface area (Å²) in [5, 5.41) is 6.22. The van der Waals surface area contributed by atoms with Crippen molar-refractivity contribution in [3.05, 3.63) is 0 Å². The lowest BCUT2D eigenvalue weighted by Gasteiger charge is -2.31. The largest absolute Gasteiger partial charge is 0.344 e. The summed E-state index contributed by atoms with van der Waals surface area (Å²) in [7, 11) is 0. The number of hydrogen-bond acceptors (Lipinski definition) is 3. The van der Waals surface area contributed by atoms with Gasteiger partial charge in [-0.05, 0) is 51.1 Å². The Hall–Kier alpha value is -1.10. The van der Waals surface area contributed by atoms with Gasteiger partial charge < -0.3 is 15.5 Å². The van der Waals surface area contributed by atoms with Crippen molar-refractivity contribution in [1.29, 1.82) is 0 Å². The standard InChI is InChI=1S/C14H23N3O2/c18-13-6-5-12(16-13)14(19)17(11-3-4-11)9-10-2-1-7-15-8-10/h10-12,15H,1-9H2,(H,16,18)/t10?,12-/m1/s1. The van der Waals surface area contributed by atoms with Crippen molar-refractivity contribution in [2.45, 2.75) is 50.6 Å². The minimum absolute atomic E-state index is 0.0217. The molecule has 3 rings (SSSR count). The van der Waals surface area contributed by atoms with Crippen LogP contribution in [0.15, 0.2) is 0 Å². The van der Waals surface area contributed by atoms with Crippen LogP contribution in [0.25, 0.3) is 0 Å². The van der Waals surface area contributed by atoms with E-state index in [0.717, 1.165) is 32.5 Å². The Morgan fingerprint density at radius 3 is 2.68 bits per heavy atom. The molecule has 5 heteroatoms. The van der Waals surface area contributed by atoms with Crippen LogP contribution in [0.1, 0.15) is 38.5 Å². The highest BCUT2D eigenvalue weighted by Crippen LogP contribution is 2.30. The van der Waals surface area contributed by atoms with E-state index in [1.54, 1.807) is 0 Å². The molecule has 106 valence electrons. The summed E-state index contributed by atoms with van der Waals surface area (Å²) < 4.78 is 0. The fourth-order valence-corrected chi connectivity index (χ4v) is 3.16. The summed E-state index contributed by atoms with van der Waals surface area (Å²) in [5.74, 6) is 0.753. The maximum atomic E-state index is 12.5. The van der Waals surface area contributed by atoms with Gasteiger partial charge in [-0.1, -0.05) is 0 Å². The van der Waals surface area contributed by atoms with Crippen LogP contribution in [-0.2, 0) is 9.59 Å². The fourth-order valence-electron chi connectivity index (χ4n) is 3.16. The molecule has 1 aliphatic carbocycles. The highest BCUT2D eigenvalue weighted by Gasteiger charge is 2.39. The second-order valence-electron chi connectivity index (χ2n) is 6.09. The van der Waals surface area contributed by atoms with E-state index in [1.807, 2.05) is 4.90 Å². The molecule has 2 atom stereocenters. The molecule has 0 aromatic rings. The van der Waals surface area contributed by atoms with Crippen molar-refractivity contribution in [3.8, 4) is 0 Å². The van der Waals surface area contributed by atoms with Gasteiger partial charge in [0.25, 0.3) is 0 Å². The Balaban J connectivity index is 1.60. The minimum atomic E-state index is -0.260.